The third-order valence-electron chi connectivity index (χ3n) is 2.58. The first kappa shape index (κ1) is 17.5. The maximum atomic E-state index is 5.96. The molecule has 4 heteroatoms. The van der Waals surface area contributed by atoms with Gasteiger partial charge in [0, 0.05) is 6.61 Å². The second kappa shape index (κ2) is 7.47. The molecule has 0 aliphatic carbocycles. The summed E-state index contributed by atoms with van der Waals surface area (Å²) in [4.78, 5) is 0. The Labute approximate surface area is 126 Å². The molecule has 0 aromatic carbocycles. The maximum Gasteiger partial charge on any atom is 0.181 e. The van der Waals surface area contributed by atoms with Gasteiger partial charge in [-0.1, -0.05) is 51.1 Å². The van der Waals surface area contributed by atoms with Gasteiger partial charge in [-0.25, -0.2) is 0 Å². The molecule has 112 valence electrons. The summed E-state index contributed by atoms with van der Waals surface area (Å²) in [6.07, 6.45) is 2.84. The van der Waals surface area contributed by atoms with Crippen molar-refractivity contribution < 1.29 is 9.47 Å². The van der Waals surface area contributed by atoms with Gasteiger partial charge in [0.1, 0.15) is 16.1 Å². The molecule has 0 N–H and O–H groups in total. The molecule has 0 bridgehead atoms. The van der Waals surface area contributed by atoms with Gasteiger partial charge < -0.3 is 9.47 Å². The van der Waals surface area contributed by atoms with Gasteiger partial charge >= 0.3 is 0 Å². The van der Waals surface area contributed by atoms with Crippen LogP contribution in [0.15, 0.2) is 0 Å². The van der Waals surface area contributed by atoms with Crippen molar-refractivity contribution >= 4 is 16.1 Å². The van der Waals surface area contributed by atoms with Crippen molar-refractivity contribution in [1.82, 2.24) is 0 Å². The molecule has 0 aromatic heterocycles. The Balaban J connectivity index is 2.76. The van der Waals surface area contributed by atoms with Crippen molar-refractivity contribution in [3.05, 3.63) is 0 Å². The number of hydrogen-bond donors (Lipinski definition) is 0. The van der Waals surface area contributed by atoms with Crippen molar-refractivity contribution in [2.75, 3.05) is 6.61 Å². The summed E-state index contributed by atoms with van der Waals surface area (Å²) < 4.78 is 11.6. The smallest absolute Gasteiger partial charge is 0.181 e. The first-order valence-corrected chi connectivity index (χ1v) is 14.5. The van der Waals surface area contributed by atoms with Crippen LogP contribution in [0.4, 0.5) is 0 Å². The lowest BCUT2D eigenvalue weighted by molar-refractivity contribution is -0.166. The largest absolute Gasteiger partial charge is 0.353 e. The van der Waals surface area contributed by atoms with E-state index in [0.717, 1.165) is 19.4 Å². The zero-order chi connectivity index (χ0) is 15.2. The molecule has 0 amide bonds. The van der Waals surface area contributed by atoms with Gasteiger partial charge in [0.2, 0.25) is 0 Å². The van der Waals surface area contributed by atoms with Crippen LogP contribution in [0.3, 0.4) is 0 Å². The van der Waals surface area contributed by atoms with Crippen molar-refractivity contribution in [2.24, 2.45) is 0 Å². The fourth-order valence-corrected chi connectivity index (χ4v) is 2.77. The topological polar surface area (TPSA) is 18.5 Å². The fourth-order valence-electron chi connectivity index (χ4n) is 1.64. The van der Waals surface area contributed by atoms with Crippen LogP contribution in [0.2, 0.25) is 39.3 Å². The number of ether oxygens (including phenoxy) is 2. The molecule has 0 saturated carbocycles. The van der Waals surface area contributed by atoms with Gasteiger partial charge in [0.25, 0.3) is 0 Å². The van der Waals surface area contributed by atoms with Crippen LogP contribution in [0.1, 0.15) is 19.3 Å². The van der Waals surface area contributed by atoms with E-state index in [1.165, 1.54) is 6.42 Å². The quantitative estimate of drug-likeness (QED) is 0.572. The first-order valence-electron chi connectivity index (χ1n) is 7.48. The molecule has 0 spiro atoms. The summed E-state index contributed by atoms with van der Waals surface area (Å²) in [5.41, 5.74) is 6.74. The Morgan fingerprint density at radius 3 is 1.90 bits per heavy atom. The summed E-state index contributed by atoms with van der Waals surface area (Å²) in [7, 11) is -2.80. The molecule has 20 heavy (non-hydrogen) atoms. The van der Waals surface area contributed by atoms with E-state index in [1.54, 1.807) is 0 Å². The van der Waals surface area contributed by atoms with Gasteiger partial charge in [0.05, 0.1) is 0 Å². The van der Waals surface area contributed by atoms with E-state index < -0.39 is 16.1 Å². The van der Waals surface area contributed by atoms with Crippen LogP contribution in [-0.2, 0) is 9.47 Å². The van der Waals surface area contributed by atoms with Crippen LogP contribution in [-0.4, -0.2) is 35.1 Å². The molecule has 1 aliphatic rings. The zero-order valence-corrected chi connectivity index (χ0v) is 15.8. The molecule has 1 aliphatic heterocycles. The average Bonchev–Trinajstić information content (AvgIpc) is 2.32. The monoisotopic (exact) mass is 308 g/mol. The van der Waals surface area contributed by atoms with E-state index >= 15 is 0 Å². The third kappa shape index (κ3) is 8.61. The molecule has 0 aromatic rings. The fraction of sp³-hybridized carbons (Fsp3) is 0.750. The van der Waals surface area contributed by atoms with Crippen LogP contribution in [0, 0.1) is 22.9 Å². The summed E-state index contributed by atoms with van der Waals surface area (Å²) in [5, 5.41) is 0. The second-order valence-corrected chi connectivity index (χ2v) is 16.9. The highest BCUT2D eigenvalue weighted by Crippen LogP contribution is 2.15. The van der Waals surface area contributed by atoms with Gasteiger partial charge in [-0.15, -0.1) is 11.1 Å². The molecule has 1 fully saturated rings. The van der Waals surface area contributed by atoms with E-state index in [4.69, 9.17) is 9.47 Å². The molecule has 1 saturated heterocycles. The third-order valence-corrected chi connectivity index (χ3v) is 4.37. The Morgan fingerprint density at radius 1 is 0.950 bits per heavy atom. The van der Waals surface area contributed by atoms with Crippen molar-refractivity contribution in [3.8, 4) is 22.9 Å². The predicted molar refractivity (Wildman–Crippen MR) is 90.7 cm³/mol. The highest BCUT2D eigenvalue weighted by Gasteiger charge is 2.18. The van der Waals surface area contributed by atoms with E-state index in [9.17, 15) is 0 Å². The number of rotatable bonds is 2. The lowest BCUT2D eigenvalue weighted by Gasteiger charge is -2.24. The Kier molecular flexibility index (Phi) is 6.55. The van der Waals surface area contributed by atoms with Gasteiger partial charge in [0.15, 0.2) is 12.4 Å². The second-order valence-electron chi connectivity index (χ2n) is 7.35. The zero-order valence-electron chi connectivity index (χ0n) is 13.8. The predicted octanol–water partition coefficient (Wildman–Crippen LogP) is 3.66. The highest BCUT2D eigenvalue weighted by atomic mass is 28.3. The van der Waals surface area contributed by atoms with E-state index in [1.807, 2.05) is 0 Å². The Morgan fingerprint density at radius 2 is 1.50 bits per heavy atom. The molecule has 1 unspecified atom stereocenters. The molecule has 1 heterocycles. The molecular weight excluding hydrogens is 280 g/mol. The highest BCUT2D eigenvalue weighted by molar-refractivity contribution is 6.84. The Hall–Kier alpha value is -0.526. The molecule has 2 nitrogen and oxygen atoms in total. The SMILES string of the molecule is C[Si](C)(C)C#CC(C#C[Si](C)(C)C)OC1CCCCO1. The average molecular weight is 309 g/mol. The Bertz CT molecular complexity index is 386. The van der Waals surface area contributed by atoms with Crippen LogP contribution >= 0.6 is 0 Å². The van der Waals surface area contributed by atoms with E-state index in [2.05, 4.69) is 62.2 Å². The van der Waals surface area contributed by atoms with Gasteiger partial charge in [-0.2, -0.15) is 0 Å². The number of hydrogen-bond acceptors (Lipinski definition) is 2. The minimum absolute atomic E-state index is 0.124. The molecule has 1 atom stereocenters. The molecule has 1 rings (SSSR count). The standard InChI is InChI=1S/C16H28O2Si2/c1-19(2,3)13-10-15(11-14-20(4,5)6)18-16-9-7-8-12-17-16/h15-16H,7-9,12H2,1-6H3. The summed E-state index contributed by atoms with van der Waals surface area (Å²) in [6.45, 7) is 14.2. The van der Waals surface area contributed by atoms with E-state index in [0.29, 0.717) is 0 Å². The van der Waals surface area contributed by atoms with Gasteiger partial charge in [-0.3, -0.25) is 0 Å². The van der Waals surface area contributed by atoms with Crippen molar-refractivity contribution in [1.29, 1.82) is 0 Å². The molecular formula is C16H28O2Si2. The van der Waals surface area contributed by atoms with Crippen molar-refractivity contribution in [2.45, 2.75) is 70.9 Å². The first-order chi connectivity index (χ1) is 9.16. The summed E-state index contributed by atoms with van der Waals surface area (Å²) in [6, 6.07) is 0. The van der Waals surface area contributed by atoms with Crippen LogP contribution in [0.25, 0.3) is 0 Å². The van der Waals surface area contributed by atoms with E-state index in [-0.39, 0.29) is 12.4 Å². The van der Waals surface area contributed by atoms with Crippen LogP contribution in [0.5, 0.6) is 0 Å². The minimum atomic E-state index is -1.40. The maximum absolute atomic E-state index is 5.96. The summed E-state index contributed by atoms with van der Waals surface area (Å²) in [5.74, 6) is 6.48. The lowest BCUT2D eigenvalue weighted by atomic mass is 10.2. The lowest BCUT2D eigenvalue weighted by Crippen LogP contribution is -2.28. The normalized spacial score (nSPS) is 19.9. The van der Waals surface area contributed by atoms with Crippen molar-refractivity contribution in [3.63, 3.8) is 0 Å². The van der Waals surface area contributed by atoms with Crippen LogP contribution < -0.4 is 0 Å². The van der Waals surface area contributed by atoms with Gasteiger partial charge in [-0.05, 0) is 19.3 Å². The minimum Gasteiger partial charge on any atom is -0.353 e. The molecule has 0 radical (unpaired) electrons. The summed E-state index contributed by atoms with van der Waals surface area (Å²) >= 11 is 0.